The second kappa shape index (κ2) is 6.42. The summed E-state index contributed by atoms with van der Waals surface area (Å²) >= 11 is 0. The van der Waals surface area contributed by atoms with Gasteiger partial charge in [-0.25, -0.2) is 4.98 Å². The van der Waals surface area contributed by atoms with Crippen molar-refractivity contribution in [1.29, 1.82) is 0 Å². The highest BCUT2D eigenvalue weighted by Crippen LogP contribution is 2.10. The van der Waals surface area contributed by atoms with Crippen molar-refractivity contribution >= 4 is 11.8 Å². The zero-order valence-corrected chi connectivity index (χ0v) is 11.5. The van der Waals surface area contributed by atoms with E-state index in [1.165, 1.54) is 0 Å². The normalized spacial score (nSPS) is 11.0. The summed E-state index contributed by atoms with van der Waals surface area (Å²) in [7, 11) is 0. The third-order valence-electron chi connectivity index (χ3n) is 2.21. The zero-order chi connectivity index (χ0) is 12.8. The van der Waals surface area contributed by atoms with Crippen LogP contribution in [0, 0.1) is 18.8 Å². The first-order chi connectivity index (χ1) is 7.97. The van der Waals surface area contributed by atoms with E-state index >= 15 is 0 Å². The molecule has 4 nitrogen and oxygen atoms in total. The van der Waals surface area contributed by atoms with Crippen LogP contribution in [0.15, 0.2) is 6.07 Å². The third kappa shape index (κ3) is 5.52. The minimum absolute atomic E-state index is 0.589. The van der Waals surface area contributed by atoms with Gasteiger partial charge in [0, 0.05) is 24.8 Å². The number of aromatic nitrogens is 2. The van der Waals surface area contributed by atoms with Crippen molar-refractivity contribution in [2.75, 3.05) is 23.7 Å². The average molecular weight is 236 g/mol. The van der Waals surface area contributed by atoms with Crippen molar-refractivity contribution in [2.45, 2.75) is 34.6 Å². The Kier molecular flexibility index (Phi) is 5.19. The summed E-state index contributed by atoms with van der Waals surface area (Å²) in [5.41, 5.74) is 0.984. The Labute approximate surface area is 104 Å². The van der Waals surface area contributed by atoms with Crippen LogP contribution in [0.1, 0.15) is 33.4 Å². The third-order valence-corrected chi connectivity index (χ3v) is 2.21. The lowest BCUT2D eigenvalue weighted by Crippen LogP contribution is -2.14. The molecule has 1 aromatic rings. The molecule has 0 aliphatic rings. The first kappa shape index (κ1) is 13.7. The van der Waals surface area contributed by atoms with Gasteiger partial charge in [-0.2, -0.15) is 4.98 Å². The zero-order valence-electron chi connectivity index (χ0n) is 11.5. The molecule has 0 amide bonds. The fourth-order valence-corrected chi connectivity index (χ4v) is 1.34. The van der Waals surface area contributed by atoms with Gasteiger partial charge in [-0.05, 0) is 18.8 Å². The highest BCUT2D eigenvalue weighted by Gasteiger charge is 2.03. The lowest BCUT2D eigenvalue weighted by atomic mass is 10.2. The van der Waals surface area contributed by atoms with Gasteiger partial charge in [-0.3, -0.25) is 0 Å². The number of rotatable bonds is 6. The number of hydrogen-bond acceptors (Lipinski definition) is 4. The van der Waals surface area contributed by atoms with E-state index in [1.54, 1.807) is 0 Å². The second-order valence-corrected chi connectivity index (χ2v) is 5.27. The van der Waals surface area contributed by atoms with E-state index in [2.05, 4.69) is 48.3 Å². The van der Waals surface area contributed by atoms with Gasteiger partial charge in [0.05, 0.1) is 0 Å². The van der Waals surface area contributed by atoms with Crippen molar-refractivity contribution in [2.24, 2.45) is 11.8 Å². The molecule has 0 bridgehead atoms. The second-order valence-electron chi connectivity index (χ2n) is 5.27. The fraction of sp³-hybridized carbons (Fsp3) is 0.692. The van der Waals surface area contributed by atoms with Gasteiger partial charge in [-0.15, -0.1) is 0 Å². The molecule has 1 aromatic heterocycles. The number of nitrogens with zero attached hydrogens (tertiary/aromatic N) is 2. The molecule has 0 unspecified atom stereocenters. The Morgan fingerprint density at radius 1 is 1.00 bits per heavy atom. The minimum Gasteiger partial charge on any atom is -0.370 e. The molecule has 0 saturated carbocycles. The fourth-order valence-electron chi connectivity index (χ4n) is 1.34. The average Bonchev–Trinajstić information content (AvgIpc) is 2.23. The molecule has 0 atom stereocenters. The van der Waals surface area contributed by atoms with E-state index in [4.69, 9.17) is 0 Å². The Balaban J connectivity index is 2.65. The molecular weight excluding hydrogens is 212 g/mol. The van der Waals surface area contributed by atoms with Crippen LogP contribution in [0.2, 0.25) is 0 Å². The van der Waals surface area contributed by atoms with Gasteiger partial charge < -0.3 is 10.6 Å². The van der Waals surface area contributed by atoms with Gasteiger partial charge in [0.25, 0.3) is 0 Å². The monoisotopic (exact) mass is 236 g/mol. The molecule has 17 heavy (non-hydrogen) atoms. The Hall–Kier alpha value is -1.32. The topological polar surface area (TPSA) is 49.8 Å². The van der Waals surface area contributed by atoms with Gasteiger partial charge in [0.2, 0.25) is 5.95 Å². The Bertz CT molecular complexity index is 317. The van der Waals surface area contributed by atoms with Crippen LogP contribution in [0.3, 0.4) is 0 Å². The molecule has 2 N–H and O–H groups in total. The lowest BCUT2D eigenvalue weighted by molar-refractivity contribution is 0.681. The summed E-state index contributed by atoms with van der Waals surface area (Å²) in [6.07, 6.45) is 0. The van der Waals surface area contributed by atoms with Crippen LogP contribution in [-0.2, 0) is 0 Å². The maximum Gasteiger partial charge on any atom is 0.224 e. The molecule has 4 heteroatoms. The predicted octanol–water partition coefficient (Wildman–Crippen LogP) is 2.92. The highest BCUT2D eigenvalue weighted by atomic mass is 15.1. The maximum absolute atomic E-state index is 4.44. The van der Waals surface area contributed by atoms with E-state index in [-0.39, 0.29) is 0 Å². The first-order valence-electron chi connectivity index (χ1n) is 6.30. The summed E-state index contributed by atoms with van der Waals surface area (Å²) in [5.74, 6) is 2.81. The molecule has 0 spiro atoms. The molecule has 0 aliphatic heterocycles. The molecule has 0 aromatic carbocycles. The lowest BCUT2D eigenvalue weighted by Gasteiger charge is -2.12. The van der Waals surface area contributed by atoms with Crippen LogP contribution in [0.4, 0.5) is 11.8 Å². The largest absolute Gasteiger partial charge is 0.370 e. The molecule has 1 heterocycles. The summed E-state index contributed by atoms with van der Waals surface area (Å²) in [6, 6.07) is 1.98. The molecule has 0 radical (unpaired) electrons. The van der Waals surface area contributed by atoms with Gasteiger partial charge in [0.1, 0.15) is 5.82 Å². The Morgan fingerprint density at radius 2 is 1.59 bits per heavy atom. The smallest absolute Gasteiger partial charge is 0.224 e. The highest BCUT2D eigenvalue weighted by molar-refractivity contribution is 5.42. The molecule has 0 aliphatic carbocycles. The van der Waals surface area contributed by atoms with Crippen LogP contribution in [0.5, 0.6) is 0 Å². The number of nitrogens with one attached hydrogen (secondary N) is 2. The van der Waals surface area contributed by atoms with Crippen molar-refractivity contribution in [3.05, 3.63) is 11.8 Å². The van der Waals surface area contributed by atoms with Crippen LogP contribution in [0.25, 0.3) is 0 Å². The minimum atomic E-state index is 0.589. The standard InChI is InChI=1S/C13H24N4/c1-9(2)7-14-12-6-11(5)16-13(17-12)15-8-10(3)4/h6,9-10H,7-8H2,1-5H3,(H2,14,15,16,17). The van der Waals surface area contributed by atoms with Crippen LogP contribution >= 0.6 is 0 Å². The van der Waals surface area contributed by atoms with Crippen molar-refractivity contribution < 1.29 is 0 Å². The number of aryl methyl sites for hydroxylation is 1. The Morgan fingerprint density at radius 3 is 2.18 bits per heavy atom. The molecule has 1 rings (SSSR count). The van der Waals surface area contributed by atoms with E-state index in [9.17, 15) is 0 Å². The van der Waals surface area contributed by atoms with Crippen LogP contribution < -0.4 is 10.6 Å². The SMILES string of the molecule is Cc1cc(NCC(C)C)nc(NCC(C)C)n1. The summed E-state index contributed by atoms with van der Waals surface area (Å²) in [4.78, 5) is 8.81. The van der Waals surface area contributed by atoms with Crippen molar-refractivity contribution in [1.82, 2.24) is 9.97 Å². The van der Waals surface area contributed by atoms with E-state index in [1.807, 2.05) is 13.0 Å². The molecule has 96 valence electrons. The van der Waals surface area contributed by atoms with Gasteiger partial charge >= 0.3 is 0 Å². The van der Waals surface area contributed by atoms with E-state index in [0.717, 1.165) is 24.6 Å². The number of hydrogen-bond donors (Lipinski definition) is 2. The summed E-state index contributed by atoms with van der Waals surface area (Å²) in [5, 5.41) is 6.57. The molecule has 0 saturated heterocycles. The summed E-state index contributed by atoms with van der Waals surface area (Å²) < 4.78 is 0. The van der Waals surface area contributed by atoms with E-state index < -0.39 is 0 Å². The molecular formula is C13H24N4. The van der Waals surface area contributed by atoms with Crippen molar-refractivity contribution in [3.8, 4) is 0 Å². The van der Waals surface area contributed by atoms with Crippen LogP contribution in [-0.4, -0.2) is 23.1 Å². The predicted molar refractivity (Wildman–Crippen MR) is 73.4 cm³/mol. The first-order valence-corrected chi connectivity index (χ1v) is 6.30. The number of anilines is 2. The molecule has 0 fully saturated rings. The van der Waals surface area contributed by atoms with Gasteiger partial charge in [0.15, 0.2) is 0 Å². The summed E-state index contributed by atoms with van der Waals surface area (Å²) in [6.45, 7) is 12.5. The maximum atomic E-state index is 4.44. The quantitative estimate of drug-likeness (QED) is 0.797. The van der Waals surface area contributed by atoms with E-state index in [0.29, 0.717) is 17.8 Å². The van der Waals surface area contributed by atoms with Crippen molar-refractivity contribution in [3.63, 3.8) is 0 Å². The van der Waals surface area contributed by atoms with Gasteiger partial charge in [-0.1, -0.05) is 27.7 Å².